The van der Waals surface area contributed by atoms with Crippen molar-refractivity contribution in [2.45, 2.75) is 207 Å². The zero-order chi connectivity index (χ0) is 71.7. The minimum atomic E-state index is -1.19. The first-order valence-corrected chi connectivity index (χ1v) is 33.6. The van der Waals surface area contributed by atoms with E-state index in [1.807, 2.05) is 19.9 Å². The predicted octanol–water partition coefficient (Wildman–Crippen LogP) is 5.12. The van der Waals surface area contributed by atoms with E-state index in [2.05, 4.69) is 31.9 Å². The zero-order valence-electron chi connectivity index (χ0n) is 58.6. The molecule has 0 aliphatic carbocycles. The Morgan fingerprint density at radius 3 is 1.93 bits per heavy atom. The van der Waals surface area contributed by atoms with Crippen LogP contribution in [0.25, 0.3) is 0 Å². The van der Waals surface area contributed by atoms with Crippen LogP contribution in [0.4, 0.5) is 15.3 Å². The first-order valence-electron chi connectivity index (χ1n) is 33.6. The van der Waals surface area contributed by atoms with Crippen LogP contribution in [0.3, 0.4) is 0 Å². The SMILES string of the molecule is CC[C@H](C)[C@@H]([C@@H](CC(=O)N1CCC[C@H]1[C@H](OC)[C@@H](C)C(=O)N[C@@H](Cc1ccccc1)C(=O)O)OC)N(C)C(=O)[C@@H](NC(=O)[C@H](C(C)C)N(C)C(=O)OCc1ccc(NC(=O)C(CCCNC(N)=O)NC(=O)[C@@H](NC(=O)CCCCCN2C(=O)CC(C)C2=O)C(C)C)cc1)C(C)C. The quantitative estimate of drug-likeness (QED) is 0.0318. The lowest BCUT2D eigenvalue weighted by Gasteiger charge is -2.41. The summed E-state index contributed by atoms with van der Waals surface area (Å²) in [6.07, 6.45) is 1.44. The summed E-state index contributed by atoms with van der Waals surface area (Å²) in [5.74, 6) is -7.67. The molecular formula is C69H107N11O16. The van der Waals surface area contributed by atoms with Crippen LogP contribution in [0.2, 0.25) is 0 Å². The van der Waals surface area contributed by atoms with E-state index in [0.717, 1.165) is 10.5 Å². The number of likely N-dealkylation sites (N-methyl/N-ethyl adjacent to an activating group) is 2. The van der Waals surface area contributed by atoms with Crippen LogP contribution in [-0.4, -0.2) is 198 Å². The Morgan fingerprint density at radius 2 is 1.36 bits per heavy atom. The average molecular weight is 1350 g/mol. The number of carboxylic acids is 1. The van der Waals surface area contributed by atoms with Crippen molar-refractivity contribution in [1.82, 2.24) is 46.2 Å². The standard InChI is InChI=1S/C69H107N11O16/c1-15-43(8)59(52(94-13)38-55(83)79-35-23-27-51(79)60(95-14)45(10)61(84)74-50(67(90)91)37-46-24-18-16-19-25-46)77(11)66(89)57(41(4)5)76-64(87)58(42(6)7)78(12)69(93)96-39-47-29-31-48(32-30-47)72-62(85)49(26-22-33-71-68(70)92)73-63(86)56(40(2)3)75-53(81)28-20-17-21-34-80-54(82)36-44(9)65(80)88/h16,18-19,24-25,29-32,40-45,49-52,56-60H,15,17,20-23,26-28,33-39H2,1-14H3,(H,72,85)(H,73,86)(H,74,84)(H,75,81)(H,76,87)(H,90,91)(H3,70,71,92)/t43-,44?,45+,49?,50-,51-,52+,56-,57-,58-,59-,60+/m0/s1. The highest BCUT2D eigenvalue weighted by molar-refractivity contribution is 6.03. The van der Waals surface area contributed by atoms with E-state index in [4.69, 9.17) is 19.9 Å². The molecule has 0 spiro atoms. The molecule has 12 amide bonds. The van der Waals surface area contributed by atoms with Gasteiger partial charge in [0.05, 0.1) is 36.6 Å². The molecule has 96 heavy (non-hydrogen) atoms. The van der Waals surface area contributed by atoms with Gasteiger partial charge in [-0.2, -0.15) is 0 Å². The smallest absolute Gasteiger partial charge is 0.410 e. The molecule has 4 rings (SSSR count). The zero-order valence-corrected chi connectivity index (χ0v) is 58.6. The van der Waals surface area contributed by atoms with Crippen LogP contribution in [0, 0.1) is 35.5 Å². The molecule has 0 saturated carbocycles. The highest BCUT2D eigenvalue weighted by Crippen LogP contribution is 2.30. The van der Waals surface area contributed by atoms with Crippen molar-refractivity contribution < 1.29 is 76.9 Å². The van der Waals surface area contributed by atoms with Crippen molar-refractivity contribution in [1.29, 1.82) is 0 Å². The van der Waals surface area contributed by atoms with Crippen molar-refractivity contribution in [3.63, 3.8) is 0 Å². The Labute approximate surface area is 565 Å². The lowest BCUT2D eigenvalue weighted by Crippen LogP contribution is -2.60. The number of urea groups is 1. The van der Waals surface area contributed by atoms with Crippen LogP contribution in [0.15, 0.2) is 54.6 Å². The van der Waals surface area contributed by atoms with Gasteiger partial charge in [0.1, 0.15) is 36.8 Å². The van der Waals surface area contributed by atoms with Crippen LogP contribution in [0.1, 0.15) is 151 Å². The third-order valence-electron chi connectivity index (χ3n) is 18.2. The van der Waals surface area contributed by atoms with Gasteiger partial charge in [-0.05, 0) is 85.5 Å². The molecule has 534 valence electrons. The molecule has 0 bridgehead atoms. The largest absolute Gasteiger partial charge is 0.480 e. The van der Waals surface area contributed by atoms with Crippen LogP contribution in [0.5, 0.6) is 0 Å². The number of amides is 12. The van der Waals surface area contributed by atoms with E-state index >= 15 is 0 Å². The van der Waals surface area contributed by atoms with Crippen molar-refractivity contribution in [2.24, 2.45) is 41.2 Å². The number of carbonyl (C=O) groups excluding carboxylic acids is 11. The van der Waals surface area contributed by atoms with Crippen molar-refractivity contribution in [2.75, 3.05) is 53.3 Å². The molecule has 2 aliphatic rings. The summed E-state index contributed by atoms with van der Waals surface area (Å²) >= 11 is 0. The van der Waals surface area contributed by atoms with Gasteiger partial charge in [-0.15, -0.1) is 0 Å². The topological polar surface area (TPSA) is 364 Å². The molecule has 2 saturated heterocycles. The number of hydrogen-bond acceptors (Lipinski definition) is 15. The fraction of sp³-hybridized carbons (Fsp3) is 0.652. The Balaban J connectivity index is 1.38. The number of hydrogen-bond donors (Lipinski definition) is 8. The highest BCUT2D eigenvalue weighted by atomic mass is 16.6. The number of aliphatic carboxylic acids is 1. The molecule has 27 nitrogen and oxygen atoms in total. The second-order valence-electron chi connectivity index (χ2n) is 26.5. The van der Waals surface area contributed by atoms with E-state index in [9.17, 15) is 62.6 Å². The van der Waals surface area contributed by atoms with Gasteiger partial charge < -0.3 is 66.8 Å². The second kappa shape index (κ2) is 39.1. The molecule has 12 atom stereocenters. The van der Waals surface area contributed by atoms with Gasteiger partial charge in [-0.25, -0.2) is 14.4 Å². The monoisotopic (exact) mass is 1350 g/mol. The lowest BCUT2D eigenvalue weighted by molar-refractivity contribution is -0.148. The maximum absolute atomic E-state index is 14.8. The molecule has 27 heteroatoms. The molecule has 0 radical (unpaired) electrons. The van der Waals surface area contributed by atoms with Gasteiger partial charge in [0, 0.05) is 78.8 Å². The Bertz CT molecular complexity index is 2950. The van der Waals surface area contributed by atoms with Crippen molar-refractivity contribution in [3.05, 3.63) is 65.7 Å². The molecule has 9 N–H and O–H groups in total. The summed E-state index contributed by atoms with van der Waals surface area (Å²) in [4.78, 5) is 166. The minimum Gasteiger partial charge on any atom is -0.480 e. The predicted molar refractivity (Wildman–Crippen MR) is 359 cm³/mol. The summed E-state index contributed by atoms with van der Waals surface area (Å²) in [5, 5.41) is 26.4. The van der Waals surface area contributed by atoms with E-state index in [0.29, 0.717) is 56.3 Å². The molecule has 2 aromatic rings. The number of nitrogens with zero attached hydrogens (tertiary/aromatic N) is 4. The second-order valence-corrected chi connectivity index (χ2v) is 26.5. The Kier molecular flexibility index (Phi) is 32.7. The lowest BCUT2D eigenvalue weighted by atomic mass is 9.89. The third-order valence-corrected chi connectivity index (χ3v) is 18.2. The fourth-order valence-corrected chi connectivity index (χ4v) is 12.5. The van der Waals surface area contributed by atoms with Gasteiger partial charge in [0.2, 0.25) is 53.2 Å². The number of nitrogens with two attached hydrogens (primary N) is 1. The maximum atomic E-state index is 14.8. The number of imide groups is 1. The molecule has 2 fully saturated rings. The summed E-state index contributed by atoms with van der Waals surface area (Å²) in [5.41, 5.74) is 6.84. The number of unbranched alkanes of at least 4 members (excludes halogenated alkanes) is 2. The van der Waals surface area contributed by atoms with Crippen LogP contribution in [-0.2, 0) is 75.2 Å². The summed E-state index contributed by atoms with van der Waals surface area (Å²) in [6.45, 7) is 18.4. The number of likely N-dealkylation sites (tertiary alicyclic amines) is 2. The third kappa shape index (κ3) is 23.6. The number of primary amides is 1. The minimum absolute atomic E-state index is 0.0755. The number of benzene rings is 2. The number of anilines is 1. The number of carbonyl (C=O) groups is 12. The number of methoxy groups -OCH3 is 2. The first kappa shape index (κ1) is 80.2. The van der Waals surface area contributed by atoms with Crippen LogP contribution >= 0.6 is 0 Å². The van der Waals surface area contributed by atoms with Gasteiger partial charge >= 0.3 is 18.1 Å². The van der Waals surface area contributed by atoms with Gasteiger partial charge in [-0.1, -0.05) is 125 Å². The molecule has 2 heterocycles. The molecule has 2 aliphatic heterocycles. The number of nitrogens with one attached hydrogen (secondary N) is 6. The molecule has 2 unspecified atom stereocenters. The summed E-state index contributed by atoms with van der Waals surface area (Å²) < 4.78 is 17.7. The van der Waals surface area contributed by atoms with E-state index in [1.54, 1.807) is 116 Å². The number of ether oxygens (including phenoxy) is 3. The fourth-order valence-electron chi connectivity index (χ4n) is 12.5. The van der Waals surface area contributed by atoms with Gasteiger partial charge in [-0.3, -0.25) is 53.0 Å². The van der Waals surface area contributed by atoms with Crippen molar-refractivity contribution in [3.8, 4) is 0 Å². The summed E-state index contributed by atoms with van der Waals surface area (Å²) in [7, 11) is 5.97. The molecule has 2 aromatic carbocycles. The summed E-state index contributed by atoms with van der Waals surface area (Å²) in [6, 6.07) is 7.89. The number of rotatable bonds is 39. The van der Waals surface area contributed by atoms with Crippen LogP contribution < -0.4 is 37.6 Å². The Morgan fingerprint density at radius 1 is 0.719 bits per heavy atom. The van der Waals surface area contributed by atoms with Gasteiger partial charge in [0.25, 0.3) is 0 Å². The van der Waals surface area contributed by atoms with E-state index in [1.165, 1.54) is 31.1 Å². The van der Waals surface area contributed by atoms with Gasteiger partial charge in [0.15, 0.2) is 0 Å². The normalized spacial score (nSPS) is 17.8. The Hall–Kier alpha value is -8.20. The maximum Gasteiger partial charge on any atom is 0.410 e. The first-order chi connectivity index (χ1) is 45.4. The average Bonchev–Trinajstić information content (AvgIpc) is 1.19. The highest BCUT2D eigenvalue weighted by Gasteiger charge is 2.44. The van der Waals surface area contributed by atoms with E-state index in [-0.39, 0.29) is 99.6 Å². The van der Waals surface area contributed by atoms with E-state index < -0.39 is 120 Å². The van der Waals surface area contributed by atoms with Crippen molar-refractivity contribution >= 4 is 76.9 Å². The number of carboxylic acid groups (broad SMARTS) is 1. The molecular weight excluding hydrogens is 1240 g/mol. The molecule has 0 aromatic heterocycles.